The van der Waals surface area contributed by atoms with Crippen molar-refractivity contribution in [1.82, 2.24) is 0 Å². The van der Waals surface area contributed by atoms with E-state index in [9.17, 15) is 0 Å². The molecule has 0 saturated heterocycles. The van der Waals surface area contributed by atoms with Gasteiger partial charge in [-0.1, -0.05) is 64.6 Å². The maximum Gasteiger partial charge on any atom is 2.00 e. The van der Waals surface area contributed by atoms with Crippen molar-refractivity contribution in [2.24, 2.45) is 0 Å². The van der Waals surface area contributed by atoms with E-state index in [1.807, 2.05) is 26.0 Å². The third-order valence-electron chi connectivity index (χ3n) is 4.67. The summed E-state index contributed by atoms with van der Waals surface area (Å²) in [6, 6.07) is 12.7. The van der Waals surface area contributed by atoms with Crippen LogP contribution in [0, 0.1) is 27.2 Å². The summed E-state index contributed by atoms with van der Waals surface area (Å²) in [4.78, 5) is 0. The Labute approximate surface area is 198 Å². The zero-order valence-electron chi connectivity index (χ0n) is 17.6. The molecule has 0 atom stereocenters. The van der Waals surface area contributed by atoms with Gasteiger partial charge in [-0.3, -0.25) is 0 Å². The van der Waals surface area contributed by atoms with Gasteiger partial charge in [0.25, 0.3) is 0 Å². The minimum absolute atomic E-state index is 0. The maximum atomic E-state index is 7.54. The van der Waals surface area contributed by atoms with E-state index in [2.05, 4.69) is 64.5 Å². The van der Waals surface area contributed by atoms with E-state index in [1.165, 1.54) is 33.4 Å². The van der Waals surface area contributed by atoms with Crippen LogP contribution in [0.2, 0.25) is 0 Å². The Kier molecular flexibility index (Phi) is 13.7. The van der Waals surface area contributed by atoms with Crippen LogP contribution in [-0.4, -0.2) is 0 Å². The van der Waals surface area contributed by atoms with E-state index >= 15 is 0 Å². The summed E-state index contributed by atoms with van der Waals surface area (Å²) in [6.45, 7) is 12.5. The van der Waals surface area contributed by atoms with Crippen LogP contribution in [0.25, 0.3) is 11.3 Å². The van der Waals surface area contributed by atoms with E-state index in [0.717, 1.165) is 17.5 Å². The first-order valence-electron chi connectivity index (χ1n) is 8.88. The minimum Gasteiger partial charge on any atom is -1.00 e. The average molecular weight is 450 g/mol. The monoisotopic (exact) mass is 449 g/mol. The summed E-state index contributed by atoms with van der Waals surface area (Å²) in [7, 11) is 0. The van der Waals surface area contributed by atoms with Crippen molar-refractivity contribution < 1.29 is 46.5 Å². The second-order valence-electron chi connectivity index (χ2n) is 6.98. The molecule has 150 valence electrons. The summed E-state index contributed by atoms with van der Waals surface area (Å²) in [5.41, 5.74) is 18.7. The molecule has 28 heavy (non-hydrogen) atoms. The largest absolute Gasteiger partial charge is 2.00 e. The third-order valence-corrected chi connectivity index (χ3v) is 4.67. The molecule has 0 unspecified atom stereocenters. The molecule has 0 heterocycles. The Bertz CT molecular complexity index is 815. The van der Waals surface area contributed by atoms with Gasteiger partial charge in [-0.25, -0.2) is 0 Å². The van der Waals surface area contributed by atoms with Gasteiger partial charge in [-0.2, -0.15) is 18.1 Å². The first kappa shape index (κ1) is 29.1. The van der Waals surface area contributed by atoms with Gasteiger partial charge >= 0.3 is 21.7 Å². The quantitative estimate of drug-likeness (QED) is 0.492. The van der Waals surface area contributed by atoms with Crippen LogP contribution < -0.4 is 24.8 Å². The molecule has 1 N–H and O–H groups in total. The molecule has 0 spiro atoms. The number of halogens is 2. The Morgan fingerprint density at radius 1 is 0.893 bits per heavy atom. The number of rotatable bonds is 2. The maximum absolute atomic E-state index is 7.54. The first-order chi connectivity index (χ1) is 11.8. The van der Waals surface area contributed by atoms with Gasteiger partial charge in [0.2, 0.25) is 0 Å². The second kappa shape index (κ2) is 13.2. The summed E-state index contributed by atoms with van der Waals surface area (Å²) < 4.78 is 0. The molecule has 1 nitrogen and oxygen atoms in total. The van der Waals surface area contributed by atoms with Crippen LogP contribution in [0.15, 0.2) is 53.6 Å². The van der Waals surface area contributed by atoms with Crippen molar-refractivity contribution in [2.45, 2.75) is 48.0 Å². The van der Waals surface area contributed by atoms with Crippen molar-refractivity contribution in [3.05, 3.63) is 93.6 Å². The number of benzene rings is 2. The van der Waals surface area contributed by atoms with Gasteiger partial charge in [-0.05, 0) is 41.0 Å². The van der Waals surface area contributed by atoms with E-state index < -0.39 is 0 Å². The van der Waals surface area contributed by atoms with Crippen molar-refractivity contribution in [2.75, 3.05) is 0 Å². The SMILES string of the molecule is C[CH-]c1ccccc1C1=C(C)C=C(C)C1.Cc1cc(C)c([NH-])c(C)c1.[Cl-].[Cl-].[Ti+2]. The molecular weight excluding hydrogens is 421 g/mol. The fourth-order valence-corrected chi connectivity index (χ4v) is 3.44. The van der Waals surface area contributed by atoms with Crippen LogP contribution in [0.5, 0.6) is 0 Å². The Hall–Kier alpha value is -1.12. The number of allylic oxidation sites excluding steroid dienone is 4. The normalized spacial score (nSPS) is 11.9. The van der Waals surface area contributed by atoms with E-state index in [-0.39, 0.29) is 46.5 Å². The smallest absolute Gasteiger partial charge is 1.00 e. The van der Waals surface area contributed by atoms with Crippen LogP contribution in [0.4, 0.5) is 5.69 Å². The molecule has 0 amide bonds. The van der Waals surface area contributed by atoms with Crippen molar-refractivity contribution >= 4 is 11.3 Å². The van der Waals surface area contributed by atoms with Crippen LogP contribution in [0.1, 0.15) is 55.0 Å². The topological polar surface area (TPSA) is 23.8 Å². The summed E-state index contributed by atoms with van der Waals surface area (Å²) >= 11 is 0. The molecule has 0 aromatic heterocycles. The Morgan fingerprint density at radius 3 is 1.89 bits per heavy atom. The standard InChI is InChI=1S/C15H17.C9H12N.2ClH.Ti/c1-4-13-7-5-6-8-14(13)15-10-11(2)9-12(15)3;1-6-4-7(2)9(10)8(3)5-6;;;/h4-9H,10H2,1-3H3;4-5,10H,1-3H3;2*1H;/q2*-1;;;+2/p-2. The fraction of sp³-hybridized carbons (Fsp3) is 0.292. The molecule has 4 heteroatoms. The average Bonchev–Trinajstić information content (AvgIpc) is 2.91. The molecular formula is C24H29Cl2NTi-2. The van der Waals surface area contributed by atoms with Crippen LogP contribution in [-0.2, 0) is 21.7 Å². The molecule has 2 aromatic carbocycles. The van der Waals surface area contributed by atoms with Crippen LogP contribution in [0.3, 0.4) is 0 Å². The van der Waals surface area contributed by atoms with E-state index in [0.29, 0.717) is 5.69 Å². The zero-order valence-corrected chi connectivity index (χ0v) is 20.7. The molecule has 0 saturated carbocycles. The first-order valence-corrected chi connectivity index (χ1v) is 8.88. The molecule has 2 aromatic rings. The van der Waals surface area contributed by atoms with Gasteiger partial charge in [0.15, 0.2) is 0 Å². The van der Waals surface area contributed by atoms with Crippen molar-refractivity contribution in [1.29, 1.82) is 0 Å². The zero-order chi connectivity index (χ0) is 18.6. The number of aryl methyl sites for hydroxylation is 3. The van der Waals surface area contributed by atoms with Crippen molar-refractivity contribution in [3.63, 3.8) is 0 Å². The summed E-state index contributed by atoms with van der Waals surface area (Å²) in [5, 5.41) is 0. The molecule has 1 aliphatic carbocycles. The van der Waals surface area contributed by atoms with E-state index in [1.54, 1.807) is 0 Å². The van der Waals surface area contributed by atoms with E-state index in [4.69, 9.17) is 5.73 Å². The van der Waals surface area contributed by atoms with Crippen molar-refractivity contribution in [3.8, 4) is 0 Å². The third kappa shape index (κ3) is 7.37. The molecule has 0 bridgehead atoms. The molecule has 1 aliphatic rings. The van der Waals surface area contributed by atoms with Gasteiger partial charge in [0, 0.05) is 0 Å². The number of hydrogen-bond donors (Lipinski definition) is 0. The molecule has 0 aliphatic heterocycles. The minimum atomic E-state index is 0. The number of hydrogen-bond acceptors (Lipinski definition) is 0. The number of nitrogens with one attached hydrogen (secondary N) is 1. The summed E-state index contributed by atoms with van der Waals surface area (Å²) in [5.74, 6) is 0. The van der Waals surface area contributed by atoms with Gasteiger partial charge < -0.3 is 30.5 Å². The van der Waals surface area contributed by atoms with Gasteiger partial charge in [0.05, 0.1) is 0 Å². The summed E-state index contributed by atoms with van der Waals surface area (Å²) in [6.07, 6.45) is 5.59. The Morgan fingerprint density at radius 2 is 1.43 bits per heavy atom. The molecule has 3 rings (SSSR count). The predicted molar refractivity (Wildman–Crippen MR) is 111 cm³/mol. The van der Waals surface area contributed by atoms with Gasteiger partial charge in [0.1, 0.15) is 0 Å². The Balaban J connectivity index is 0. The molecule has 0 radical (unpaired) electrons. The second-order valence-corrected chi connectivity index (χ2v) is 6.98. The molecule has 0 fully saturated rings. The predicted octanol–water partition coefficient (Wildman–Crippen LogP) is 1.68. The van der Waals surface area contributed by atoms with Crippen LogP contribution >= 0.6 is 0 Å². The fourth-order valence-electron chi connectivity index (χ4n) is 3.44. The van der Waals surface area contributed by atoms with Gasteiger partial charge in [-0.15, -0.1) is 23.4 Å².